The topological polar surface area (TPSA) is 26.0 Å². The Kier molecular flexibility index (Phi) is 4.85. The fraction of sp³-hybridized carbons (Fsp3) is 1.00. The molecule has 0 aromatic heterocycles. The van der Waals surface area contributed by atoms with E-state index < -0.39 is 0 Å². The average molecular weight is 225 g/mol. The number of nitrogens with two attached hydrogens (primary N) is 1. The normalized spacial score (nSPS) is 31.7. The smallest absolute Gasteiger partial charge is 0.00205 e. The van der Waals surface area contributed by atoms with E-state index in [1.807, 2.05) is 0 Å². The van der Waals surface area contributed by atoms with E-state index in [1.54, 1.807) is 0 Å². The first-order chi connectivity index (χ1) is 7.43. The van der Waals surface area contributed by atoms with E-state index in [2.05, 4.69) is 27.7 Å². The Morgan fingerprint density at radius 2 is 1.75 bits per heavy atom. The van der Waals surface area contributed by atoms with Gasteiger partial charge in [0.1, 0.15) is 0 Å². The van der Waals surface area contributed by atoms with Crippen LogP contribution in [0, 0.1) is 16.7 Å². The summed E-state index contributed by atoms with van der Waals surface area (Å²) in [7, 11) is 0. The average Bonchev–Trinajstić information content (AvgIpc) is 2.26. The molecule has 0 aliphatic heterocycles. The monoisotopic (exact) mass is 225 g/mol. The lowest BCUT2D eigenvalue weighted by Gasteiger charge is -2.44. The number of unbranched alkanes of at least 4 members (excludes halogenated alkanes) is 1. The molecular weight excluding hydrogens is 194 g/mol. The lowest BCUT2D eigenvalue weighted by molar-refractivity contribution is 0.0845. The van der Waals surface area contributed by atoms with Crippen LogP contribution in [0.5, 0.6) is 0 Å². The van der Waals surface area contributed by atoms with Gasteiger partial charge in [0.2, 0.25) is 0 Å². The highest BCUT2D eigenvalue weighted by Crippen LogP contribution is 2.47. The van der Waals surface area contributed by atoms with Crippen molar-refractivity contribution in [1.82, 2.24) is 0 Å². The molecule has 0 amide bonds. The minimum Gasteiger partial charge on any atom is -0.330 e. The Bertz CT molecular complexity index is 194. The minimum atomic E-state index is 0.492. The first kappa shape index (κ1) is 14.0. The largest absolute Gasteiger partial charge is 0.330 e. The Morgan fingerprint density at radius 1 is 1.19 bits per heavy atom. The second kappa shape index (κ2) is 5.53. The lowest BCUT2D eigenvalue weighted by atomic mass is 9.62. The van der Waals surface area contributed by atoms with Crippen LogP contribution >= 0.6 is 0 Å². The van der Waals surface area contributed by atoms with Gasteiger partial charge in [-0.3, -0.25) is 0 Å². The summed E-state index contributed by atoms with van der Waals surface area (Å²) < 4.78 is 0. The molecule has 1 aliphatic rings. The summed E-state index contributed by atoms with van der Waals surface area (Å²) in [6, 6.07) is 0. The Morgan fingerprint density at radius 3 is 2.12 bits per heavy atom. The van der Waals surface area contributed by atoms with E-state index in [9.17, 15) is 0 Å². The van der Waals surface area contributed by atoms with Crippen molar-refractivity contribution in [1.29, 1.82) is 0 Å². The zero-order chi connectivity index (χ0) is 12.2. The lowest BCUT2D eigenvalue weighted by Crippen LogP contribution is -2.37. The maximum absolute atomic E-state index is 6.03. The summed E-state index contributed by atoms with van der Waals surface area (Å²) in [6.07, 6.45) is 9.55. The molecule has 0 bridgehead atoms. The molecule has 1 nitrogen and oxygen atoms in total. The molecule has 0 unspecified atom stereocenters. The van der Waals surface area contributed by atoms with Crippen LogP contribution in [0.15, 0.2) is 0 Å². The van der Waals surface area contributed by atoms with Crippen LogP contribution in [0.25, 0.3) is 0 Å². The zero-order valence-electron chi connectivity index (χ0n) is 11.8. The van der Waals surface area contributed by atoms with Crippen molar-refractivity contribution in [2.24, 2.45) is 22.5 Å². The highest BCUT2D eigenvalue weighted by Gasteiger charge is 2.37. The molecule has 0 radical (unpaired) electrons. The van der Waals surface area contributed by atoms with E-state index >= 15 is 0 Å². The molecule has 0 spiro atoms. The summed E-state index contributed by atoms with van der Waals surface area (Å²) in [5.41, 5.74) is 7.02. The molecule has 0 aromatic carbocycles. The molecule has 1 heteroatoms. The predicted molar refractivity (Wildman–Crippen MR) is 72.4 cm³/mol. The summed E-state index contributed by atoms with van der Waals surface area (Å²) in [4.78, 5) is 0. The highest BCUT2D eigenvalue weighted by molar-refractivity contribution is 4.89. The molecule has 1 aliphatic carbocycles. The first-order valence-electron chi connectivity index (χ1n) is 7.13. The highest BCUT2D eigenvalue weighted by atomic mass is 14.6. The molecule has 16 heavy (non-hydrogen) atoms. The molecule has 1 saturated carbocycles. The molecule has 96 valence electrons. The van der Waals surface area contributed by atoms with Crippen molar-refractivity contribution in [3.8, 4) is 0 Å². The van der Waals surface area contributed by atoms with Gasteiger partial charge in [0.15, 0.2) is 0 Å². The Hall–Kier alpha value is -0.0400. The van der Waals surface area contributed by atoms with Gasteiger partial charge >= 0.3 is 0 Å². The van der Waals surface area contributed by atoms with Gasteiger partial charge in [0, 0.05) is 0 Å². The first-order valence-corrected chi connectivity index (χ1v) is 7.13. The van der Waals surface area contributed by atoms with Crippen molar-refractivity contribution in [2.75, 3.05) is 6.54 Å². The van der Waals surface area contributed by atoms with Gasteiger partial charge < -0.3 is 5.73 Å². The van der Waals surface area contributed by atoms with E-state index in [0.29, 0.717) is 10.8 Å². The van der Waals surface area contributed by atoms with Crippen LogP contribution in [-0.2, 0) is 0 Å². The molecule has 1 fully saturated rings. The van der Waals surface area contributed by atoms with Gasteiger partial charge in [-0.25, -0.2) is 0 Å². The van der Waals surface area contributed by atoms with Gasteiger partial charge in [-0.1, -0.05) is 40.5 Å². The summed E-state index contributed by atoms with van der Waals surface area (Å²) in [6.45, 7) is 10.4. The molecule has 0 saturated heterocycles. The fourth-order valence-electron chi connectivity index (χ4n) is 3.20. The predicted octanol–water partition coefficient (Wildman–Crippen LogP) is 4.36. The summed E-state index contributed by atoms with van der Waals surface area (Å²) >= 11 is 0. The van der Waals surface area contributed by atoms with Crippen molar-refractivity contribution in [3.63, 3.8) is 0 Å². The minimum absolute atomic E-state index is 0.492. The van der Waals surface area contributed by atoms with Crippen LogP contribution in [0.2, 0.25) is 0 Å². The fourth-order valence-corrected chi connectivity index (χ4v) is 3.20. The van der Waals surface area contributed by atoms with Crippen molar-refractivity contribution < 1.29 is 0 Å². The van der Waals surface area contributed by atoms with Gasteiger partial charge in [0.05, 0.1) is 0 Å². The third-order valence-electron chi connectivity index (χ3n) is 4.76. The summed E-state index contributed by atoms with van der Waals surface area (Å²) in [5, 5.41) is 0. The molecular formula is C15H31N. The third kappa shape index (κ3) is 3.48. The van der Waals surface area contributed by atoms with Crippen LogP contribution in [0.1, 0.15) is 72.6 Å². The van der Waals surface area contributed by atoms with Crippen molar-refractivity contribution >= 4 is 0 Å². The Labute approximate surface area is 102 Å². The third-order valence-corrected chi connectivity index (χ3v) is 4.76. The van der Waals surface area contributed by atoms with E-state index in [4.69, 9.17) is 5.73 Å². The number of rotatable bonds is 4. The molecule has 0 aromatic rings. The Balaban J connectivity index is 2.50. The van der Waals surface area contributed by atoms with Crippen LogP contribution < -0.4 is 5.73 Å². The van der Waals surface area contributed by atoms with Gasteiger partial charge in [0.25, 0.3) is 0 Å². The van der Waals surface area contributed by atoms with Crippen LogP contribution in [0.3, 0.4) is 0 Å². The van der Waals surface area contributed by atoms with E-state index in [0.717, 1.165) is 12.5 Å². The molecule has 2 N–H and O–H groups in total. The SMILES string of the molecule is CCCCC1(CN)CCC(C(C)(C)C)CC1. The second-order valence-electron chi connectivity index (χ2n) is 6.95. The quantitative estimate of drug-likeness (QED) is 0.756. The maximum Gasteiger partial charge on any atom is -0.00205 e. The van der Waals surface area contributed by atoms with Crippen LogP contribution in [-0.4, -0.2) is 6.54 Å². The molecule has 1 rings (SSSR count). The van der Waals surface area contributed by atoms with Gasteiger partial charge in [-0.2, -0.15) is 0 Å². The van der Waals surface area contributed by atoms with Gasteiger partial charge in [-0.15, -0.1) is 0 Å². The molecule has 0 atom stereocenters. The second-order valence-corrected chi connectivity index (χ2v) is 6.95. The van der Waals surface area contributed by atoms with E-state index in [-0.39, 0.29) is 0 Å². The maximum atomic E-state index is 6.03. The van der Waals surface area contributed by atoms with Crippen LogP contribution in [0.4, 0.5) is 0 Å². The molecule has 0 heterocycles. The standard InChI is InChI=1S/C15H31N/c1-5-6-9-15(12-16)10-7-13(8-11-15)14(2,3)4/h13H,5-12,16H2,1-4H3. The number of hydrogen-bond donors (Lipinski definition) is 1. The zero-order valence-corrected chi connectivity index (χ0v) is 11.8. The van der Waals surface area contributed by atoms with Crippen molar-refractivity contribution in [3.05, 3.63) is 0 Å². The summed E-state index contributed by atoms with van der Waals surface area (Å²) in [5.74, 6) is 0.911. The van der Waals surface area contributed by atoms with E-state index in [1.165, 1.54) is 44.9 Å². The van der Waals surface area contributed by atoms with Crippen molar-refractivity contribution in [2.45, 2.75) is 72.6 Å². The van der Waals surface area contributed by atoms with Gasteiger partial charge in [-0.05, 0) is 55.4 Å². The number of hydrogen-bond acceptors (Lipinski definition) is 1.